The molecule has 2 N–H and O–H groups in total. The number of rotatable bonds is 3. The quantitative estimate of drug-likeness (QED) is 0.861. The topological polar surface area (TPSA) is 47.1 Å². The monoisotopic (exact) mass is 330 g/mol. The lowest BCUT2D eigenvalue weighted by atomic mass is 9.97. The Kier molecular flexibility index (Phi) is 4.40. The van der Waals surface area contributed by atoms with Crippen LogP contribution in [0, 0.1) is 12.8 Å². The van der Waals surface area contributed by atoms with Crippen molar-refractivity contribution in [3.8, 4) is 0 Å². The van der Waals surface area contributed by atoms with Gasteiger partial charge in [-0.3, -0.25) is 9.58 Å². The van der Waals surface area contributed by atoms with E-state index < -0.39 is 0 Å². The van der Waals surface area contributed by atoms with Gasteiger partial charge in [0.1, 0.15) is 0 Å². The summed E-state index contributed by atoms with van der Waals surface area (Å²) in [4.78, 5) is 3.11. The largest absolute Gasteiger partial charge is 0.393 e. The van der Waals surface area contributed by atoms with Gasteiger partial charge in [0, 0.05) is 19.5 Å². The van der Waals surface area contributed by atoms with Crippen molar-refractivity contribution in [2.45, 2.75) is 26.3 Å². The Morgan fingerprint density at radius 2 is 2.11 bits per heavy atom. The fourth-order valence-electron chi connectivity index (χ4n) is 2.44. The van der Waals surface area contributed by atoms with Gasteiger partial charge in [0.25, 0.3) is 0 Å². The van der Waals surface area contributed by atoms with Crippen LogP contribution in [0.1, 0.15) is 24.2 Å². The minimum Gasteiger partial charge on any atom is -0.393 e. The maximum Gasteiger partial charge on any atom is 0.0759 e. The SMILES string of the molecule is Cc1nn(C)c(CN2CCC(C(N)=S)CC2)c1Br. The van der Waals surface area contributed by atoms with Crippen molar-refractivity contribution in [1.82, 2.24) is 14.7 Å². The predicted octanol–water partition coefficient (Wildman–Crippen LogP) is 1.99. The van der Waals surface area contributed by atoms with Crippen molar-refractivity contribution in [3.05, 3.63) is 15.9 Å². The van der Waals surface area contributed by atoms with Crippen LogP contribution < -0.4 is 5.73 Å². The first kappa shape index (κ1) is 14.0. The third-order valence-corrected chi connectivity index (χ3v) is 4.99. The molecule has 1 aromatic rings. The lowest BCUT2D eigenvalue weighted by Gasteiger charge is -2.31. The second-order valence-corrected chi connectivity index (χ2v) is 6.19. The van der Waals surface area contributed by atoms with E-state index in [2.05, 4.69) is 25.9 Å². The molecule has 0 atom stereocenters. The van der Waals surface area contributed by atoms with Crippen LogP contribution in [-0.2, 0) is 13.6 Å². The van der Waals surface area contributed by atoms with E-state index in [0.29, 0.717) is 10.9 Å². The number of thiocarbonyl (C=S) groups is 1. The summed E-state index contributed by atoms with van der Waals surface area (Å²) in [6, 6.07) is 0. The molecule has 1 saturated heterocycles. The summed E-state index contributed by atoms with van der Waals surface area (Å²) in [5.41, 5.74) is 7.99. The summed E-state index contributed by atoms with van der Waals surface area (Å²) >= 11 is 8.68. The van der Waals surface area contributed by atoms with E-state index in [-0.39, 0.29) is 0 Å². The first-order valence-electron chi connectivity index (χ1n) is 6.18. The van der Waals surface area contributed by atoms with E-state index in [4.69, 9.17) is 18.0 Å². The number of aromatic nitrogens is 2. The zero-order chi connectivity index (χ0) is 13.3. The Morgan fingerprint density at radius 1 is 1.50 bits per heavy atom. The van der Waals surface area contributed by atoms with Crippen LogP contribution in [-0.4, -0.2) is 32.8 Å². The van der Waals surface area contributed by atoms with E-state index in [1.807, 2.05) is 18.7 Å². The molecule has 2 rings (SSSR count). The molecule has 0 aliphatic carbocycles. The fraction of sp³-hybridized carbons (Fsp3) is 0.667. The Hall–Kier alpha value is -0.460. The molecular formula is C12H19BrN4S. The number of likely N-dealkylation sites (tertiary alicyclic amines) is 1. The van der Waals surface area contributed by atoms with Crippen LogP contribution in [0.25, 0.3) is 0 Å². The summed E-state index contributed by atoms with van der Waals surface area (Å²) in [5.74, 6) is 0.424. The van der Waals surface area contributed by atoms with Crippen molar-refractivity contribution < 1.29 is 0 Å². The number of halogens is 1. The van der Waals surface area contributed by atoms with Gasteiger partial charge in [0.05, 0.1) is 20.8 Å². The van der Waals surface area contributed by atoms with E-state index in [9.17, 15) is 0 Å². The van der Waals surface area contributed by atoms with Crippen molar-refractivity contribution in [1.29, 1.82) is 0 Å². The Morgan fingerprint density at radius 3 is 2.56 bits per heavy atom. The minimum atomic E-state index is 0.424. The molecule has 2 heterocycles. The molecule has 1 fully saturated rings. The third-order valence-electron chi connectivity index (χ3n) is 3.62. The standard InChI is InChI=1S/C12H19BrN4S/c1-8-11(13)10(16(2)15-8)7-17-5-3-9(4-6-17)12(14)18/h9H,3-7H2,1-2H3,(H2,14,18). The molecule has 0 radical (unpaired) electrons. The van der Waals surface area contributed by atoms with E-state index >= 15 is 0 Å². The average Bonchev–Trinajstić information content (AvgIpc) is 2.57. The molecule has 100 valence electrons. The van der Waals surface area contributed by atoms with Crippen LogP contribution in [0.5, 0.6) is 0 Å². The maximum atomic E-state index is 5.71. The zero-order valence-electron chi connectivity index (χ0n) is 10.8. The van der Waals surface area contributed by atoms with Crippen LogP contribution in [0.15, 0.2) is 4.47 Å². The van der Waals surface area contributed by atoms with Gasteiger partial charge in [-0.15, -0.1) is 0 Å². The molecule has 0 spiro atoms. The lowest BCUT2D eigenvalue weighted by molar-refractivity contribution is 0.197. The van der Waals surface area contributed by atoms with E-state index in [0.717, 1.165) is 42.6 Å². The highest BCUT2D eigenvalue weighted by atomic mass is 79.9. The minimum absolute atomic E-state index is 0.424. The molecule has 0 unspecified atom stereocenters. The number of aryl methyl sites for hydroxylation is 2. The van der Waals surface area contributed by atoms with Crippen LogP contribution >= 0.6 is 28.1 Å². The van der Waals surface area contributed by atoms with Gasteiger partial charge in [0.2, 0.25) is 0 Å². The number of hydrogen-bond donors (Lipinski definition) is 1. The Bertz CT molecular complexity index is 449. The Balaban J connectivity index is 1.97. The molecule has 0 bridgehead atoms. The molecule has 1 aliphatic heterocycles. The van der Waals surface area contributed by atoms with Crippen molar-refractivity contribution in [3.63, 3.8) is 0 Å². The summed E-state index contributed by atoms with van der Waals surface area (Å²) in [7, 11) is 1.99. The smallest absolute Gasteiger partial charge is 0.0759 e. The summed E-state index contributed by atoms with van der Waals surface area (Å²) in [6.07, 6.45) is 2.15. The van der Waals surface area contributed by atoms with Crippen LogP contribution in [0.4, 0.5) is 0 Å². The molecule has 6 heteroatoms. The average molecular weight is 331 g/mol. The highest BCUT2D eigenvalue weighted by Crippen LogP contribution is 2.24. The van der Waals surface area contributed by atoms with Gasteiger partial charge in [-0.1, -0.05) is 12.2 Å². The molecule has 1 aromatic heterocycles. The van der Waals surface area contributed by atoms with Gasteiger partial charge in [0.15, 0.2) is 0 Å². The summed E-state index contributed by atoms with van der Waals surface area (Å²) < 4.78 is 3.08. The number of piperidine rings is 1. The van der Waals surface area contributed by atoms with E-state index in [1.165, 1.54) is 5.69 Å². The Labute approximate surface area is 122 Å². The highest BCUT2D eigenvalue weighted by molar-refractivity contribution is 9.10. The van der Waals surface area contributed by atoms with Crippen molar-refractivity contribution in [2.24, 2.45) is 18.7 Å². The first-order chi connectivity index (χ1) is 8.49. The molecule has 1 aliphatic rings. The second kappa shape index (κ2) is 5.67. The third kappa shape index (κ3) is 2.92. The second-order valence-electron chi connectivity index (χ2n) is 4.92. The first-order valence-corrected chi connectivity index (χ1v) is 7.38. The van der Waals surface area contributed by atoms with Crippen LogP contribution in [0.2, 0.25) is 0 Å². The van der Waals surface area contributed by atoms with Gasteiger partial charge >= 0.3 is 0 Å². The predicted molar refractivity (Wildman–Crippen MR) is 80.4 cm³/mol. The van der Waals surface area contributed by atoms with Gasteiger partial charge in [-0.05, 0) is 48.8 Å². The van der Waals surface area contributed by atoms with Crippen LogP contribution in [0.3, 0.4) is 0 Å². The van der Waals surface area contributed by atoms with Crippen molar-refractivity contribution >= 4 is 33.1 Å². The van der Waals surface area contributed by atoms with E-state index in [1.54, 1.807) is 0 Å². The number of nitrogens with zero attached hydrogens (tertiary/aromatic N) is 3. The van der Waals surface area contributed by atoms with Crippen molar-refractivity contribution in [2.75, 3.05) is 13.1 Å². The highest BCUT2D eigenvalue weighted by Gasteiger charge is 2.22. The molecule has 18 heavy (non-hydrogen) atoms. The molecule has 0 amide bonds. The number of nitrogens with two attached hydrogens (primary N) is 1. The van der Waals surface area contributed by atoms with Gasteiger partial charge in [-0.2, -0.15) is 5.10 Å². The lowest BCUT2D eigenvalue weighted by Crippen LogP contribution is -2.37. The fourth-order valence-corrected chi connectivity index (χ4v) is 3.14. The summed E-state index contributed by atoms with van der Waals surface area (Å²) in [5, 5.41) is 4.42. The number of hydrogen-bond acceptors (Lipinski definition) is 3. The van der Waals surface area contributed by atoms with Gasteiger partial charge in [-0.25, -0.2) is 0 Å². The van der Waals surface area contributed by atoms with Gasteiger partial charge < -0.3 is 5.73 Å². The normalized spacial score (nSPS) is 18.2. The molecule has 0 saturated carbocycles. The summed E-state index contributed by atoms with van der Waals surface area (Å²) in [6.45, 7) is 5.06. The molecule has 4 nitrogen and oxygen atoms in total. The molecule has 0 aromatic carbocycles. The molecular weight excluding hydrogens is 312 g/mol. The maximum absolute atomic E-state index is 5.71. The zero-order valence-corrected chi connectivity index (χ0v) is 13.2.